The molecule has 1 aromatic rings. The van der Waals surface area contributed by atoms with Gasteiger partial charge in [-0.1, -0.05) is 29.3 Å². The minimum absolute atomic E-state index is 0.0689. The number of aryl methyl sites for hydroxylation is 1. The number of hydrogen-bond donors (Lipinski definition) is 1. The van der Waals surface area contributed by atoms with E-state index in [1.807, 2.05) is 25.1 Å². The van der Waals surface area contributed by atoms with Crippen LogP contribution in [-0.4, -0.2) is 29.8 Å². The van der Waals surface area contributed by atoms with Crippen molar-refractivity contribution in [3.63, 3.8) is 0 Å². The van der Waals surface area contributed by atoms with Crippen molar-refractivity contribution < 1.29 is 9.59 Å². The highest BCUT2D eigenvalue weighted by Crippen LogP contribution is 2.19. The molecule has 5 heteroatoms. The van der Waals surface area contributed by atoms with Crippen molar-refractivity contribution in [2.45, 2.75) is 33.6 Å². The van der Waals surface area contributed by atoms with E-state index in [-0.39, 0.29) is 18.4 Å². The fraction of sp³-hybridized carbons (Fsp3) is 0.467. The quantitative estimate of drug-likeness (QED) is 0.863. The highest BCUT2D eigenvalue weighted by Gasteiger charge is 2.13. The van der Waals surface area contributed by atoms with Gasteiger partial charge in [-0.3, -0.25) is 9.59 Å². The first-order valence-electron chi connectivity index (χ1n) is 6.75. The third-order valence-electron chi connectivity index (χ3n) is 3.00. The van der Waals surface area contributed by atoms with Gasteiger partial charge in [0.25, 0.3) is 0 Å². The number of hydrogen-bond acceptors (Lipinski definition) is 2. The summed E-state index contributed by atoms with van der Waals surface area (Å²) in [7, 11) is 0. The molecule has 0 aliphatic rings. The van der Waals surface area contributed by atoms with Gasteiger partial charge in [-0.15, -0.1) is 0 Å². The maximum Gasteiger partial charge on any atom is 0.243 e. The van der Waals surface area contributed by atoms with E-state index in [9.17, 15) is 9.59 Å². The smallest absolute Gasteiger partial charge is 0.243 e. The van der Waals surface area contributed by atoms with Crippen LogP contribution in [0.1, 0.15) is 32.3 Å². The Morgan fingerprint density at radius 1 is 1.35 bits per heavy atom. The maximum absolute atomic E-state index is 12.0. The molecule has 0 aromatic heterocycles. The van der Waals surface area contributed by atoms with Crippen LogP contribution in [0.25, 0.3) is 0 Å². The second-order valence-corrected chi connectivity index (χ2v) is 5.66. The average molecular weight is 341 g/mol. The Hall–Kier alpha value is -1.36. The van der Waals surface area contributed by atoms with Crippen molar-refractivity contribution in [1.29, 1.82) is 0 Å². The number of carbonyl (C=O) groups excluding carboxylic acids is 2. The molecule has 0 spiro atoms. The molecule has 0 atom stereocenters. The molecule has 0 radical (unpaired) electrons. The van der Waals surface area contributed by atoms with E-state index in [1.165, 1.54) is 6.92 Å². The van der Waals surface area contributed by atoms with E-state index in [1.54, 1.807) is 4.90 Å². The minimum atomic E-state index is -0.168. The van der Waals surface area contributed by atoms with Crippen molar-refractivity contribution in [1.82, 2.24) is 4.90 Å². The second-order valence-electron chi connectivity index (χ2n) is 4.81. The lowest BCUT2D eigenvalue weighted by molar-refractivity contribution is -0.132. The summed E-state index contributed by atoms with van der Waals surface area (Å²) < 4.78 is 1.00. The molecule has 110 valence electrons. The van der Waals surface area contributed by atoms with Crippen LogP contribution < -0.4 is 5.32 Å². The summed E-state index contributed by atoms with van der Waals surface area (Å²) in [4.78, 5) is 25.0. The Morgan fingerprint density at radius 3 is 2.60 bits per heavy atom. The van der Waals surface area contributed by atoms with Gasteiger partial charge in [-0.25, -0.2) is 0 Å². The number of halogens is 1. The molecule has 4 nitrogen and oxygen atoms in total. The highest BCUT2D eigenvalue weighted by atomic mass is 79.9. The second kappa shape index (κ2) is 8.04. The lowest BCUT2D eigenvalue weighted by Gasteiger charge is -2.20. The van der Waals surface area contributed by atoms with Crippen LogP contribution in [-0.2, 0) is 9.59 Å². The lowest BCUT2D eigenvalue weighted by atomic mass is 10.2. The summed E-state index contributed by atoms with van der Waals surface area (Å²) >= 11 is 3.42. The molecule has 2 amide bonds. The SMILES string of the molecule is CCCCN(CC(=O)Nc1ccc(Br)c(C)c1)C(C)=O. The number of unbranched alkanes of at least 4 members (excludes halogenated alkanes) is 1. The summed E-state index contributed by atoms with van der Waals surface area (Å²) in [6, 6.07) is 5.62. The van der Waals surface area contributed by atoms with Crippen LogP contribution >= 0.6 is 15.9 Å². The van der Waals surface area contributed by atoms with Gasteiger partial charge in [0, 0.05) is 23.6 Å². The summed E-state index contributed by atoms with van der Waals surface area (Å²) in [6.45, 7) is 6.24. The lowest BCUT2D eigenvalue weighted by Crippen LogP contribution is -2.37. The molecule has 0 heterocycles. The molecule has 1 N–H and O–H groups in total. The van der Waals surface area contributed by atoms with Gasteiger partial charge in [0.15, 0.2) is 0 Å². The molecule has 0 fully saturated rings. The first-order valence-corrected chi connectivity index (χ1v) is 7.54. The largest absolute Gasteiger partial charge is 0.334 e. The summed E-state index contributed by atoms with van der Waals surface area (Å²) in [6.07, 6.45) is 1.90. The molecular formula is C15H21BrN2O2. The monoisotopic (exact) mass is 340 g/mol. The van der Waals surface area contributed by atoms with Crippen molar-refractivity contribution in [3.05, 3.63) is 28.2 Å². The number of amides is 2. The van der Waals surface area contributed by atoms with Crippen molar-refractivity contribution >= 4 is 33.4 Å². The Bertz CT molecular complexity index is 489. The molecule has 1 aromatic carbocycles. The Morgan fingerprint density at radius 2 is 2.05 bits per heavy atom. The predicted octanol–water partition coefficient (Wildman–Crippen LogP) is 3.34. The van der Waals surface area contributed by atoms with Crippen LogP contribution in [0.4, 0.5) is 5.69 Å². The molecule has 0 aliphatic heterocycles. The Kier molecular flexibility index (Phi) is 6.71. The van der Waals surface area contributed by atoms with E-state index >= 15 is 0 Å². The number of carbonyl (C=O) groups is 2. The molecule has 0 saturated heterocycles. The molecule has 20 heavy (non-hydrogen) atoms. The number of nitrogens with one attached hydrogen (secondary N) is 1. The van der Waals surface area contributed by atoms with Gasteiger partial charge in [0.05, 0.1) is 6.54 Å². The molecular weight excluding hydrogens is 320 g/mol. The van der Waals surface area contributed by atoms with E-state index in [0.29, 0.717) is 6.54 Å². The van der Waals surface area contributed by atoms with E-state index in [0.717, 1.165) is 28.6 Å². The Labute approximate surface area is 128 Å². The summed E-state index contributed by atoms with van der Waals surface area (Å²) in [5.74, 6) is -0.237. The first-order chi connectivity index (χ1) is 9.43. The topological polar surface area (TPSA) is 49.4 Å². The fourth-order valence-electron chi connectivity index (χ4n) is 1.79. The van der Waals surface area contributed by atoms with Gasteiger partial charge in [0.1, 0.15) is 0 Å². The first kappa shape index (κ1) is 16.7. The van der Waals surface area contributed by atoms with Gasteiger partial charge in [-0.2, -0.15) is 0 Å². The number of rotatable bonds is 6. The number of nitrogens with zero attached hydrogens (tertiary/aromatic N) is 1. The van der Waals surface area contributed by atoms with E-state index in [4.69, 9.17) is 0 Å². The standard InChI is InChI=1S/C15H21BrN2O2/c1-4-5-8-18(12(3)19)10-15(20)17-13-6-7-14(16)11(2)9-13/h6-7,9H,4-5,8,10H2,1-3H3,(H,17,20). The van der Waals surface area contributed by atoms with Crippen LogP contribution in [0.2, 0.25) is 0 Å². The van der Waals surface area contributed by atoms with Gasteiger partial charge in [0.2, 0.25) is 11.8 Å². The van der Waals surface area contributed by atoms with Crippen molar-refractivity contribution in [2.24, 2.45) is 0 Å². The molecule has 0 aliphatic carbocycles. The van der Waals surface area contributed by atoms with Crippen LogP contribution in [0.3, 0.4) is 0 Å². The summed E-state index contributed by atoms with van der Waals surface area (Å²) in [5, 5.41) is 2.82. The van der Waals surface area contributed by atoms with Crippen molar-refractivity contribution in [3.8, 4) is 0 Å². The molecule has 0 bridgehead atoms. The summed E-state index contributed by atoms with van der Waals surface area (Å²) in [5.41, 5.74) is 1.80. The third kappa shape index (κ3) is 5.33. The highest BCUT2D eigenvalue weighted by molar-refractivity contribution is 9.10. The number of anilines is 1. The zero-order valence-corrected chi connectivity index (χ0v) is 13.8. The molecule has 0 saturated carbocycles. The van der Waals surface area contributed by atoms with Gasteiger partial charge in [-0.05, 0) is 37.1 Å². The zero-order valence-electron chi connectivity index (χ0n) is 12.2. The van der Waals surface area contributed by atoms with Crippen molar-refractivity contribution in [2.75, 3.05) is 18.4 Å². The molecule has 1 rings (SSSR count). The maximum atomic E-state index is 12.0. The molecule has 0 unspecified atom stereocenters. The Balaban J connectivity index is 2.60. The van der Waals surface area contributed by atoms with Gasteiger partial charge >= 0.3 is 0 Å². The fourth-order valence-corrected chi connectivity index (χ4v) is 2.04. The van der Waals surface area contributed by atoms with Gasteiger partial charge < -0.3 is 10.2 Å². The average Bonchev–Trinajstić information content (AvgIpc) is 2.38. The predicted molar refractivity (Wildman–Crippen MR) is 84.7 cm³/mol. The van der Waals surface area contributed by atoms with Crippen LogP contribution in [0.5, 0.6) is 0 Å². The third-order valence-corrected chi connectivity index (χ3v) is 3.89. The minimum Gasteiger partial charge on any atom is -0.334 e. The normalized spacial score (nSPS) is 10.2. The van der Waals surface area contributed by atoms with Crippen LogP contribution in [0, 0.1) is 6.92 Å². The number of benzene rings is 1. The zero-order chi connectivity index (χ0) is 15.1. The van der Waals surface area contributed by atoms with E-state index in [2.05, 4.69) is 28.2 Å². The van der Waals surface area contributed by atoms with E-state index < -0.39 is 0 Å². The van der Waals surface area contributed by atoms with Crippen LogP contribution in [0.15, 0.2) is 22.7 Å².